The second-order valence-electron chi connectivity index (χ2n) is 4.21. The van der Waals surface area contributed by atoms with Gasteiger partial charge in [-0.1, -0.05) is 11.6 Å². The molecule has 4 N–H and O–H groups in total. The monoisotopic (exact) mass is 285 g/mol. The molecule has 0 saturated heterocycles. The Kier molecular flexibility index (Phi) is 6.45. The van der Waals surface area contributed by atoms with Gasteiger partial charge in [0.25, 0.3) is 0 Å². The topological polar surface area (TPSA) is 76.4 Å². The van der Waals surface area contributed by atoms with E-state index in [-0.39, 0.29) is 5.91 Å². The number of nitrogen functional groups attached to an aromatic ring is 1. The highest BCUT2D eigenvalue weighted by Crippen LogP contribution is 2.26. The second kappa shape index (κ2) is 7.86. The molecule has 0 saturated carbocycles. The lowest BCUT2D eigenvalue weighted by Crippen LogP contribution is -2.28. The van der Waals surface area contributed by atoms with Gasteiger partial charge < -0.3 is 21.1 Å². The highest BCUT2D eigenvalue weighted by Gasteiger charge is 2.04. The Morgan fingerprint density at radius 3 is 2.84 bits per heavy atom. The van der Waals surface area contributed by atoms with Crippen molar-refractivity contribution in [1.29, 1.82) is 0 Å². The van der Waals surface area contributed by atoms with Crippen LogP contribution in [0.1, 0.15) is 12.0 Å². The molecule has 0 aliphatic carbocycles. The Morgan fingerprint density at radius 1 is 1.42 bits per heavy atom. The lowest BCUT2D eigenvalue weighted by atomic mass is 10.1. The highest BCUT2D eigenvalue weighted by molar-refractivity contribution is 6.33. The molecule has 1 rings (SSSR count). The van der Waals surface area contributed by atoms with E-state index < -0.39 is 0 Å². The third-order valence-electron chi connectivity index (χ3n) is 2.64. The molecule has 19 heavy (non-hydrogen) atoms. The van der Waals surface area contributed by atoms with Crippen LogP contribution in [-0.4, -0.2) is 32.7 Å². The first-order valence-corrected chi connectivity index (χ1v) is 6.47. The summed E-state index contributed by atoms with van der Waals surface area (Å²) in [6, 6.07) is 3.58. The van der Waals surface area contributed by atoms with Gasteiger partial charge in [-0.15, -0.1) is 0 Å². The van der Waals surface area contributed by atoms with Crippen molar-refractivity contribution in [1.82, 2.24) is 5.32 Å². The van der Waals surface area contributed by atoms with Gasteiger partial charge in [-0.25, -0.2) is 0 Å². The van der Waals surface area contributed by atoms with Crippen LogP contribution in [-0.2, 0) is 9.53 Å². The molecule has 106 valence electrons. The number of nitrogens with one attached hydrogen (secondary N) is 2. The third kappa shape index (κ3) is 5.36. The SMILES string of the molecule is COCCNC(=O)CCNc1cc(Cl)c(N)cc1C. The molecule has 1 aromatic rings. The summed E-state index contributed by atoms with van der Waals surface area (Å²) in [5.41, 5.74) is 8.15. The van der Waals surface area contributed by atoms with E-state index in [2.05, 4.69) is 10.6 Å². The van der Waals surface area contributed by atoms with Crippen molar-refractivity contribution in [3.05, 3.63) is 22.7 Å². The fraction of sp³-hybridized carbons (Fsp3) is 0.462. The number of anilines is 2. The average molecular weight is 286 g/mol. The Morgan fingerprint density at radius 2 is 2.16 bits per heavy atom. The van der Waals surface area contributed by atoms with Gasteiger partial charge in [0.1, 0.15) is 0 Å². The van der Waals surface area contributed by atoms with E-state index in [0.717, 1.165) is 11.3 Å². The molecule has 6 heteroatoms. The predicted molar refractivity (Wildman–Crippen MR) is 78.6 cm³/mol. The summed E-state index contributed by atoms with van der Waals surface area (Å²) in [6.07, 6.45) is 0.394. The predicted octanol–water partition coefficient (Wildman–Crippen LogP) is 1.80. The number of methoxy groups -OCH3 is 1. The van der Waals surface area contributed by atoms with E-state index in [0.29, 0.717) is 36.8 Å². The van der Waals surface area contributed by atoms with Crippen molar-refractivity contribution in [2.24, 2.45) is 0 Å². The van der Waals surface area contributed by atoms with Crippen LogP contribution in [0.25, 0.3) is 0 Å². The summed E-state index contributed by atoms with van der Waals surface area (Å²) >= 11 is 5.95. The van der Waals surface area contributed by atoms with Crippen molar-refractivity contribution in [2.75, 3.05) is 37.9 Å². The zero-order valence-corrected chi connectivity index (χ0v) is 12.0. The molecule has 0 heterocycles. The van der Waals surface area contributed by atoms with Crippen molar-refractivity contribution in [2.45, 2.75) is 13.3 Å². The van der Waals surface area contributed by atoms with Gasteiger partial charge in [-0.2, -0.15) is 0 Å². The van der Waals surface area contributed by atoms with Crippen LogP contribution in [0.2, 0.25) is 5.02 Å². The number of amides is 1. The zero-order chi connectivity index (χ0) is 14.3. The van der Waals surface area contributed by atoms with Crippen LogP contribution in [0.4, 0.5) is 11.4 Å². The molecule has 1 aromatic carbocycles. The van der Waals surface area contributed by atoms with Crippen LogP contribution in [0.15, 0.2) is 12.1 Å². The largest absolute Gasteiger partial charge is 0.398 e. The second-order valence-corrected chi connectivity index (χ2v) is 4.62. The van der Waals surface area contributed by atoms with E-state index in [1.165, 1.54) is 0 Å². The highest BCUT2D eigenvalue weighted by atomic mass is 35.5. The Labute approximate surface area is 118 Å². The van der Waals surface area contributed by atoms with Crippen molar-refractivity contribution >= 4 is 28.9 Å². The first-order chi connectivity index (χ1) is 9.04. The number of carbonyl (C=O) groups is 1. The lowest BCUT2D eigenvalue weighted by molar-refractivity contribution is -0.121. The summed E-state index contributed by atoms with van der Waals surface area (Å²) < 4.78 is 4.85. The fourth-order valence-corrected chi connectivity index (χ4v) is 1.75. The normalized spacial score (nSPS) is 10.3. The lowest BCUT2D eigenvalue weighted by Gasteiger charge is -2.11. The van der Waals surface area contributed by atoms with Crippen molar-refractivity contribution < 1.29 is 9.53 Å². The van der Waals surface area contributed by atoms with Gasteiger partial charge in [0.2, 0.25) is 5.91 Å². The fourth-order valence-electron chi connectivity index (χ4n) is 1.59. The molecule has 0 bridgehead atoms. The number of ether oxygens (including phenoxy) is 1. The minimum Gasteiger partial charge on any atom is -0.398 e. The molecular formula is C13H20ClN3O2. The summed E-state index contributed by atoms with van der Waals surface area (Å²) in [6.45, 7) is 3.53. The first-order valence-electron chi connectivity index (χ1n) is 6.09. The van der Waals surface area contributed by atoms with Gasteiger partial charge in [0.05, 0.1) is 17.3 Å². The summed E-state index contributed by atoms with van der Waals surface area (Å²) in [7, 11) is 1.60. The smallest absolute Gasteiger partial charge is 0.221 e. The molecule has 0 unspecified atom stereocenters. The number of hydrogen-bond donors (Lipinski definition) is 3. The molecule has 0 spiro atoms. The maximum atomic E-state index is 11.5. The number of carbonyl (C=O) groups excluding carboxylic acids is 1. The maximum absolute atomic E-state index is 11.5. The Hall–Kier alpha value is -1.46. The van der Waals surface area contributed by atoms with Gasteiger partial charge in [-0.05, 0) is 24.6 Å². The van der Waals surface area contributed by atoms with E-state index in [1.807, 2.05) is 13.0 Å². The Bertz CT molecular complexity index is 438. The van der Waals surface area contributed by atoms with Crippen LogP contribution in [0.5, 0.6) is 0 Å². The van der Waals surface area contributed by atoms with Gasteiger partial charge in [0.15, 0.2) is 0 Å². The van der Waals surface area contributed by atoms with E-state index in [9.17, 15) is 4.79 Å². The molecule has 0 fully saturated rings. The van der Waals surface area contributed by atoms with Gasteiger partial charge in [-0.3, -0.25) is 4.79 Å². The Balaban J connectivity index is 2.37. The first kappa shape index (κ1) is 15.6. The minimum absolute atomic E-state index is 0.0104. The van der Waals surface area contributed by atoms with Crippen LogP contribution in [0.3, 0.4) is 0 Å². The molecule has 5 nitrogen and oxygen atoms in total. The van der Waals surface area contributed by atoms with Gasteiger partial charge in [0, 0.05) is 32.3 Å². The number of benzene rings is 1. The molecule has 0 atom stereocenters. The summed E-state index contributed by atoms with van der Waals surface area (Å²) in [5, 5.41) is 6.44. The van der Waals surface area contributed by atoms with Crippen LogP contribution < -0.4 is 16.4 Å². The minimum atomic E-state index is -0.0104. The molecular weight excluding hydrogens is 266 g/mol. The van der Waals surface area contributed by atoms with Crippen molar-refractivity contribution in [3.8, 4) is 0 Å². The summed E-state index contributed by atoms with van der Waals surface area (Å²) in [4.78, 5) is 11.5. The third-order valence-corrected chi connectivity index (χ3v) is 2.97. The molecule has 0 aliphatic heterocycles. The molecule has 0 radical (unpaired) electrons. The standard InChI is InChI=1S/C13H20ClN3O2/c1-9-7-11(15)10(14)8-12(9)16-4-3-13(18)17-5-6-19-2/h7-8,16H,3-6,15H2,1-2H3,(H,17,18). The molecule has 1 amide bonds. The average Bonchev–Trinajstić information content (AvgIpc) is 2.36. The van der Waals surface area contributed by atoms with E-state index in [1.54, 1.807) is 13.2 Å². The van der Waals surface area contributed by atoms with Crippen LogP contribution in [0, 0.1) is 6.92 Å². The maximum Gasteiger partial charge on any atom is 0.221 e. The molecule has 0 aromatic heterocycles. The molecule has 0 aliphatic rings. The summed E-state index contributed by atoms with van der Waals surface area (Å²) in [5.74, 6) is -0.0104. The van der Waals surface area contributed by atoms with E-state index >= 15 is 0 Å². The van der Waals surface area contributed by atoms with Crippen molar-refractivity contribution in [3.63, 3.8) is 0 Å². The number of hydrogen-bond acceptors (Lipinski definition) is 4. The number of aryl methyl sites for hydroxylation is 1. The number of rotatable bonds is 7. The quantitative estimate of drug-likeness (QED) is 0.527. The van der Waals surface area contributed by atoms with E-state index in [4.69, 9.17) is 22.1 Å². The van der Waals surface area contributed by atoms with Gasteiger partial charge >= 0.3 is 0 Å². The number of nitrogens with two attached hydrogens (primary N) is 1. The zero-order valence-electron chi connectivity index (χ0n) is 11.3. The number of halogens is 1. The van der Waals surface area contributed by atoms with Crippen LogP contribution >= 0.6 is 11.6 Å².